The van der Waals surface area contributed by atoms with Crippen LogP contribution in [0.15, 0.2) is 65.0 Å². The molecular weight excluding hydrogens is 440 g/mol. The number of hydrogen-bond donors (Lipinski definition) is 1. The summed E-state index contributed by atoms with van der Waals surface area (Å²) >= 11 is 2.68. The molecule has 0 radical (unpaired) electrons. The second-order valence-electron chi connectivity index (χ2n) is 6.81. The second-order valence-corrected chi connectivity index (χ2v) is 11.2. The third-order valence-corrected chi connectivity index (χ3v) is 8.33. The molecule has 4 rings (SSSR count). The quantitative estimate of drug-likeness (QED) is 0.539. The van der Waals surface area contributed by atoms with E-state index in [2.05, 4.69) is 15.5 Å². The SMILES string of the molecule is O=C(CSc1nnc(Nc2ccccc2)s1)N(c1ccccc1)[C@@H]1CCS(=O)(=O)C1. The highest BCUT2D eigenvalue weighted by Gasteiger charge is 2.35. The summed E-state index contributed by atoms with van der Waals surface area (Å²) in [5.74, 6) is 0.140. The monoisotopic (exact) mass is 460 g/mol. The summed E-state index contributed by atoms with van der Waals surface area (Å²) in [5.41, 5.74) is 1.63. The smallest absolute Gasteiger partial charge is 0.237 e. The van der Waals surface area contributed by atoms with Crippen LogP contribution >= 0.6 is 23.1 Å². The molecule has 1 amide bonds. The molecule has 0 spiro atoms. The fourth-order valence-electron chi connectivity index (χ4n) is 3.28. The Labute approximate surface area is 183 Å². The number of carbonyl (C=O) groups excluding carboxylic acids is 1. The van der Waals surface area contributed by atoms with E-state index in [1.165, 1.54) is 23.1 Å². The summed E-state index contributed by atoms with van der Waals surface area (Å²) in [5, 5.41) is 12.1. The Morgan fingerprint density at radius 3 is 2.47 bits per heavy atom. The number of anilines is 3. The van der Waals surface area contributed by atoms with Gasteiger partial charge >= 0.3 is 0 Å². The molecule has 7 nitrogen and oxygen atoms in total. The van der Waals surface area contributed by atoms with E-state index in [0.29, 0.717) is 21.6 Å². The van der Waals surface area contributed by atoms with E-state index in [1.807, 2.05) is 60.7 Å². The highest BCUT2D eigenvalue weighted by Crippen LogP contribution is 2.30. The van der Waals surface area contributed by atoms with Gasteiger partial charge in [0.05, 0.1) is 23.3 Å². The molecule has 1 aliphatic rings. The summed E-state index contributed by atoms with van der Waals surface area (Å²) < 4.78 is 24.6. The second kappa shape index (κ2) is 9.15. The Hall–Kier alpha value is -2.43. The summed E-state index contributed by atoms with van der Waals surface area (Å²) in [6.45, 7) is 0. The molecule has 156 valence electrons. The van der Waals surface area contributed by atoms with Gasteiger partial charge < -0.3 is 10.2 Å². The fraction of sp³-hybridized carbons (Fsp3) is 0.250. The molecule has 10 heteroatoms. The Morgan fingerprint density at radius 1 is 1.10 bits per heavy atom. The molecule has 2 heterocycles. The zero-order valence-corrected chi connectivity index (χ0v) is 18.4. The highest BCUT2D eigenvalue weighted by molar-refractivity contribution is 8.01. The molecule has 0 aliphatic carbocycles. The van der Waals surface area contributed by atoms with Crippen molar-refractivity contribution in [2.45, 2.75) is 16.8 Å². The van der Waals surface area contributed by atoms with Crippen LogP contribution in [0.3, 0.4) is 0 Å². The van der Waals surface area contributed by atoms with E-state index in [-0.39, 0.29) is 29.2 Å². The zero-order valence-electron chi connectivity index (χ0n) is 16.0. The topological polar surface area (TPSA) is 92.3 Å². The molecular formula is C20H20N4O3S3. The summed E-state index contributed by atoms with van der Waals surface area (Å²) in [6, 6.07) is 18.6. The number of carbonyl (C=O) groups is 1. The minimum absolute atomic E-state index is 0.00223. The number of rotatable bonds is 7. The molecule has 0 unspecified atom stereocenters. The third-order valence-electron chi connectivity index (χ3n) is 4.63. The number of thioether (sulfide) groups is 1. The molecule has 1 saturated heterocycles. The molecule has 1 aromatic heterocycles. The van der Waals surface area contributed by atoms with E-state index in [1.54, 1.807) is 4.90 Å². The van der Waals surface area contributed by atoms with Gasteiger partial charge in [0.15, 0.2) is 14.2 Å². The summed E-state index contributed by atoms with van der Waals surface area (Å²) in [6.07, 6.45) is 0.456. The number of nitrogens with one attached hydrogen (secondary N) is 1. The van der Waals surface area contributed by atoms with Crippen molar-refractivity contribution in [2.75, 3.05) is 27.5 Å². The number of amides is 1. The van der Waals surface area contributed by atoms with Gasteiger partial charge in [-0.15, -0.1) is 10.2 Å². The van der Waals surface area contributed by atoms with E-state index < -0.39 is 9.84 Å². The number of sulfone groups is 1. The van der Waals surface area contributed by atoms with Gasteiger partial charge in [-0.3, -0.25) is 4.79 Å². The van der Waals surface area contributed by atoms with Crippen LogP contribution in [0.1, 0.15) is 6.42 Å². The standard InChI is InChI=1S/C20H20N4O3S3/c25-18(13-28-20-23-22-19(29-20)21-15-7-3-1-4-8-15)24(16-9-5-2-6-10-16)17-11-12-30(26,27)14-17/h1-10,17H,11-14H2,(H,21,22)/t17-/m1/s1. The Morgan fingerprint density at radius 2 is 1.80 bits per heavy atom. The predicted octanol–water partition coefficient (Wildman–Crippen LogP) is 3.59. The van der Waals surface area contributed by atoms with Gasteiger partial charge in [-0.05, 0) is 30.7 Å². The van der Waals surface area contributed by atoms with Gasteiger partial charge in [0.2, 0.25) is 11.0 Å². The maximum Gasteiger partial charge on any atom is 0.237 e. The predicted molar refractivity (Wildman–Crippen MR) is 121 cm³/mol. The number of benzene rings is 2. The first-order valence-electron chi connectivity index (χ1n) is 9.36. The van der Waals surface area contributed by atoms with E-state index in [9.17, 15) is 13.2 Å². The van der Waals surface area contributed by atoms with E-state index in [4.69, 9.17) is 0 Å². The molecule has 0 saturated carbocycles. The number of para-hydroxylation sites is 2. The van der Waals surface area contributed by atoms with Crippen LogP contribution in [-0.2, 0) is 14.6 Å². The van der Waals surface area contributed by atoms with Crippen molar-refractivity contribution in [3.63, 3.8) is 0 Å². The van der Waals surface area contributed by atoms with Crippen LogP contribution in [0.4, 0.5) is 16.5 Å². The van der Waals surface area contributed by atoms with Crippen molar-refractivity contribution in [1.29, 1.82) is 0 Å². The van der Waals surface area contributed by atoms with Crippen LogP contribution in [0, 0.1) is 0 Å². The first kappa shape index (κ1) is 20.8. The minimum Gasteiger partial charge on any atom is -0.330 e. The van der Waals surface area contributed by atoms with Crippen LogP contribution < -0.4 is 10.2 Å². The molecule has 1 atom stereocenters. The van der Waals surface area contributed by atoms with Gasteiger partial charge in [-0.1, -0.05) is 59.5 Å². The summed E-state index contributed by atoms with van der Waals surface area (Å²) in [7, 11) is -3.10. The van der Waals surface area contributed by atoms with Gasteiger partial charge in [0.25, 0.3) is 0 Å². The first-order chi connectivity index (χ1) is 14.5. The Balaban J connectivity index is 1.43. The van der Waals surface area contributed by atoms with Gasteiger partial charge in [0, 0.05) is 11.4 Å². The lowest BCUT2D eigenvalue weighted by Crippen LogP contribution is -2.42. The molecule has 0 bridgehead atoms. The van der Waals surface area contributed by atoms with E-state index >= 15 is 0 Å². The zero-order chi connectivity index (χ0) is 21.0. The van der Waals surface area contributed by atoms with Crippen molar-refractivity contribution in [3.05, 3.63) is 60.7 Å². The molecule has 1 fully saturated rings. The molecule has 1 aliphatic heterocycles. The lowest BCUT2D eigenvalue weighted by Gasteiger charge is -2.28. The van der Waals surface area contributed by atoms with Gasteiger partial charge in [-0.25, -0.2) is 8.42 Å². The van der Waals surface area contributed by atoms with Crippen LogP contribution in [-0.4, -0.2) is 47.8 Å². The fourth-order valence-corrected chi connectivity index (χ4v) is 6.61. The Bertz CT molecular complexity index is 1100. The van der Waals surface area contributed by atoms with Crippen LogP contribution in [0.25, 0.3) is 0 Å². The summed E-state index contributed by atoms with van der Waals surface area (Å²) in [4.78, 5) is 14.7. The Kier molecular flexibility index (Phi) is 6.35. The third kappa shape index (κ3) is 5.18. The molecule has 30 heavy (non-hydrogen) atoms. The highest BCUT2D eigenvalue weighted by atomic mass is 32.2. The largest absolute Gasteiger partial charge is 0.330 e. The molecule has 3 aromatic rings. The molecule has 1 N–H and O–H groups in total. The minimum atomic E-state index is -3.10. The lowest BCUT2D eigenvalue weighted by atomic mass is 10.2. The average molecular weight is 461 g/mol. The number of hydrogen-bond acceptors (Lipinski definition) is 8. The van der Waals surface area contributed by atoms with Crippen molar-refractivity contribution < 1.29 is 13.2 Å². The maximum atomic E-state index is 13.1. The van der Waals surface area contributed by atoms with Gasteiger partial charge in [-0.2, -0.15) is 0 Å². The molecule has 2 aromatic carbocycles. The van der Waals surface area contributed by atoms with E-state index in [0.717, 1.165) is 5.69 Å². The average Bonchev–Trinajstić information content (AvgIpc) is 3.34. The lowest BCUT2D eigenvalue weighted by molar-refractivity contribution is -0.116. The van der Waals surface area contributed by atoms with Crippen molar-refractivity contribution in [3.8, 4) is 0 Å². The van der Waals surface area contributed by atoms with Crippen LogP contribution in [0.5, 0.6) is 0 Å². The normalized spacial score (nSPS) is 17.5. The van der Waals surface area contributed by atoms with Crippen LogP contribution in [0.2, 0.25) is 0 Å². The van der Waals surface area contributed by atoms with Crippen molar-refractivity contribution in [1.82, 2.24) is 10.2 Å². The van der Waals surface area contributed by atoms with Crippen molar-refractivity contribution in [2.24, 2.45) is 0 Å². The van der Waals surface area contributed by atoms with Gasteiger partial charge in [0.1, 0.15) is 0 Å². The maximum absolute atomic E-state index is 13.1. The van der Waals surface area contributed by atoms with Crippen molar-refractivity contribution >= 4 is 55.3 Å². The number of aromatic nitrogens is 2. The first-order valence-corrected chi connectivity index (χ1v) is 13.0. The number of nitrogens with zero attached hydrogens (tertiary/aromatic N) is 3.